The standard InChI is InChI=1S/C20H32O3/c1-2-3-4-5-6-7-8-9-10-11-12-13-14-15-16-17-18-19(21)20(22)23/h6-7,9-10,12-13,15-16,19,21H,2-5,8,11,14,17-18H2,1H3,(H,22,23)/b7-6-,10-9-,13-12-,16-15-/t19-/m0/s1. The first kappa shape index (κ1) is 21.4. The van der Waals surface area contributed by atoms with Gasteiger partial charge in [0.2, 0.25) is 0 Å². The van der Waals surface area contributed by atoms with Gasteiger partial charge in [0.1, 0.15) is 0 Å². The fraction of sp³-hybridized carbons (Fsp3) is 0.550. The van der Waals surface area contributed by atoms with Crippen molar-refractivity contribution in [1.29, 1.82) is 0 Å². The van der Waals surface area contributed by atoms with Crippen molar-refractivity contribution in [2.24, 2.45) is 0 Å². The second kappa shape index (κ2) is 16.8. The zero-order chi connectivity index (χ0) is 17.2. The average Bonchev–Trinajstić information content (AvgIpc) is 2.54. The highest BCUT2D eigenvalue weighted by atomic mass is 16.4. The summed E-state index contributed by atoms with van der Waals surface area (Å²) in [5, 5.41) is 17.6. The quantitative estimate of drug-likeness (QED) is 0.342. The highest BCUT2D eigenvalue weighted by Crippen LogP contribution is 2.01. The lowest BCUT2D eigenvalue weighted by Gasteiger charge is -2.00. The molecular formula is C20H32O3. The fourth-order valence-electron chi connectivity index (χ4n) is 1.94. The van der Waals surface area contributed by atoms with Crippen molar-refractivity contribution in [3.05, 3.63) is 48.6 Å². The summed E-state index contributed by atoms with van der Waals surface area (Å²) in [5.74, 6) is -1.15. The fourth-order valence-corrected chi connectivity index (χ4v) is 1.94. The van der Waals surface area contributed by atoms with Gasteiger partial charge in [-0.2, -0.15) is 0 Å². The monoisotopic (exact) mass is 320 g/mol. The Morgan fingerprint density at radius 2 is 1.30 bits per heavy atom. The van der Waals surface area contributed by atoms with Crippen LogP contribution in [0.1, 0.15) is 64.7 Å². The van der Waals surface area contributed by atoms with E-state index in [0.717, 1.165) is 19.3 Å². The molecule has 3 nitrogen and oxygen atoms in total. The zero-order valence-electron chi connectivity index (χ0n) is 14.4. The van der Waals surface area contributed by atoms with E-state index in [1.807, 2.05) is 12.2 Å². The van der Waals surface area contributed by atoms with Crippen LogP contribution in [-0.2, 0) is 4.79 Å². The molecule has 0 saturated heterocycles. The van der Waals surface area contributed by atoms with Crippen molar-refractivity contribution in [2.45, 2.75) is 70.8 Å². The maximum atomic E-state index is 10.4. The molecule has 0 saturated carbocycles. The van der Waals surface area contributed by atoms with Crippen LogP contribution in [0.25, 0.3) is 0 Å². The molecule has 0 radical (unpaired) electrons. The van der Waals surface area contributed by atoms with E-state index in [9.17, 15) is 4.79 Å². The molecule has 130 valence electrons. The first-order valence-electron chi connectivity index (χ1n) is 8.69. The molecule has 0 unspecified atom stereocenters. The highest BCUT2D eigenvalue weighted by Gasteiger charge is 2.10. The average molecular weight is 320 g/mol. The normalized spacial score (nSPS) is 13.8. The smallest absolute Gasteiger partial charge is 0.332 e. The number of hydrogen-bond acceptors (Lipinski definition) is 2. The lowest BCUT2D eigenvalue weighted by molar-refractivity contribution is -0.146. The number of aliphatic hydroxyl groups is 1. The molecule has 1 atom stereocenters. The minimum Gasteiger partial charge on any atom is -0.479 e. The Hall–Kier alpha value is -1.61. The minimum absolute atomic E-state index is 0.268. The number of allylic oxidation sites excluding steroid dienone is 8. The Morgan fingerprint density at radius 3 is 1.78 bits per heavy atom. The SMILES string of the molecule is CCCCC/C=C\C/C=C\C/C=C\C/C=C\CC[C@H](O)C(=O)O. The summed E-state index contributed by atoms with van der Waals surface area (Å²) in [6, 6.07) is 0. The number of aliphatic carboxylic acids is 1. The maximum absolute atomic E-state index is 10.4. The molecule has 0 aliphatic heterocycles. The van der Waals surface area contributed by atoms with E-state index >= 15 is 0 Å². The topological polar surface area (TPSA) is 57.5 Å². The van der Waals surface area contributed by atoms with Gasteiger partial charge in [0, 0.05) is 0 Å². The zero-order valence-corrected chi connectivity index (χ0v) is 14.4. The predicted molar refractivity (Wildman–Crippen MR) is 97.4 cm³/mol. The molecule has 0 aromatic heterocycles. The lowest BCUT2D eigenvalue weighted by Crippen LogP contribution is -2.18. The Balaban J connectivity index is 3.49. The molecule has 3 heteroatoms. The summed E-state index contributed by atoms with van der Waals surface area (Å²) in [6.45, 7) is 2.22. The van der Waals surface area contributed by atoms with Gasteiger partial charge >= 0.3 is 5.97 Å². The second-order valence-electron chi connectivity index (χ2n) is 5.52. The Labute approximate surface area is 141 Å². The van der Waals surface area contributed by atoms with Crippen LogP contribution >= 0.6 is 0 Å². The molecule has 0 rings (SSSR count). The molecule has 0 heterocycles. The molecular weight excluding hydrogens is 288 g/mol. The maximum Gasteiger partial charge on any atom is 0.332 e. The first-order chi connectivity index (χ1) is 11.2. The van der Waals surface area contributed by atoms with Crippen LogP contribution < -0.4 is 0 Å². The van der Waals surface area contributed by atoms with Crippen LogP contribution in [0.3, 0.4) is 0 Å². The summed E-state index contributed by atoms with van der Waals surface area (Å²) >= 11 is 0. The van der Waals surface area contributed by atoms with Crippen LogP contribution in [0.4, 0.5) is 0 Å². The van der Waals surface area contributed by atoms with Gasteiger partial charge in [-0.05, 0) is 44.9 Å². The molecule has 0 spiro atoms. The van der Waals surface area contributed by atoms with E-state index in [-0.39, 0.29) is 6.42 Å². The van der Waals surface area contributed by atoms with Gasteiger partial charge in [-0.25, -0.2) is 4.79 Å². The van der Waals surface area contributed by atoms with E-state index in [1.165, 1.54) is 25.7 Å². The van der Waals surface area contributed by atoms with Crippen LogP contribution in [0.5, 0.6) is 0 Å². The second-order valence-corrected chi connectivity index (χ2v) is 5.52. The van der Waals surface area contributed by atoms with E-state index < -0.39 is 12.1 Å². The van der Waals surface area contributed by atoms with Gasteiger partial charge < -0.3 is 10.2 Å². The van der Waals surface area contributed by atoms with Crippen molar-refractivity contribution < 1.29 is 15.0 Å². The van der Waals surface area contributed by atoms with E-state index in [2.05, 4.69) is 43.4 Å². The molecule has 23 heavy (non-hydrogen) atoms. The molecule has 0 aliphatic carbocycles. The third-order valence-corrected chi connectivity index (χ3v) is 3.35. The van der Waals surface area contributed by atoms with Crippen LogP contribution in [-0.4, -0.2) is 22.3 Å². The van der Waals surface area contributed by atoms with Gasteiger partial charge in [0.05, 0.1) is 0 Å². The van der Waals surface area contributed by atoms with Crippen LogP contribution in [0.2, 0.25) is 0 Å². The number of rotatable bonds is 14. The number of aliphatic hydroxyl groups excluding tert-OH is 1. The van der Waals surface area contributed by atoms with E-state index in [1.54, 1.807) is 0 Å². The Kier molecular flexibility index (Phi) is 15.6. The number of carboxylic acids is 1. The molecule has 0 amide bonds. The third-order valence-electron chi connectivity index (χ3n) is 3.35. The molecule has 0 fully saturated rings. The van der Waals surface area contributed by atoms with Gasteiger partial charge in [-0.1, -0.05) is 68.4 Å². The van der Waals surface area contributed by atoms with E-state index in [4.69, 9.17) is 10.2 Å². The molecule has 0 bridgehead atoms. The van der Waals surface area contributed by atoms with Crippen molar-refractivity contribution in [3.8, 4) is 0 Å². The number of hydrogen-bond donors (Lipinski definition) is 2. The minimum atomic E-state index is -1.25. The number of carboxylic acid groups (broad SMARTS) is 1. The first-order valence-corrected chi connectivity index (χ1v) is 8.69. The van der Waals surface area contributed by atoms with Crippen molar-refractivity contribution in [2.75, 3.05) is 0 Å². The van der Waals surface area contributed by atoms with Gasteiger partial charge in [-0.15, -0.1) is 0 Å². The van der Waals surface area contributed by atoms with Gasteiger partial charge in [0.25, 0.3) is 0 Å². The summed E-state index contributed by atoms with van der Waals surface area (Å²) in [4.78, 5) is 10.4. The van der Waals surface area contributed by atoms with E-state index in [0.29, 0.717) is 6.42 Å². The molecule has 0 aromatic rings. The third kappa shape index (κ3) is 16.6. The van der Waals surface area contributed by atoms with Crippen LogP contribution in [0.15, 0.2) is 48.6 Å². The lowest BCUT2D eigenvalue weighted by atomic mass is 10.2. The van der Waals surface area contributed by atoms with Crippen LogP contribution in [0, 0.1) is 0 Å². The predicted octanol–water partition coefficient (Wildman–Crippen LogP) is 5.19. The Morgan fingerprint density at radius 1 is 0.826 bits per heavy atom. The highest BCUT2D eigenvalue weighted by molar-refractivity contribution is 5.71. The Bertz CT molecular complexity index is 392. The van der Waals surface area contributed by atoms with Crippen molar-refractivity contribution in [1.82, 2.24) is 0 Å². The summed E-state index contributed by atoms with van der Waals surface area (Å²) in [7, 11) is 0. The van der Waals surface area contributed by atoms with Gasteiger partial charge in [0.15, 0.2) is 6.10 Å². The van der Waals surface area contributed by atoms with Crippen molar-refractivity contribution >= 4 is 5.97 Å². The molecule has 0 aliphatic rings. The largest absolute Gasteiger partial charge is 0.479 e. The summed E-state index contributed by atoms with van der Waals surface area (Å²) in [5.41, 5.74) is 0. The van der Waals surface area contributed by atoms with Crippen molar-refractivity contribution in [3.63, 3.8) is 0 Å². The van der Waals surface area contributed by atoms with Gasteiger partial charge in [-0.3, -0.25) is 0 Å². The number of carbonyl (C=O) groups is 1. The molecule has 0 aromatic carbocycles. The number of unbranched alkanes of at least 4 members (excludes halogenated alkanes) is 3. The molecule has 2 N–H and O–H groups in total. The summed E-state index contributed by atoms with van der Waals surface area (Å²) < 4.78 is 0. The summed E-state index contributed by atoms with van der Waals surface area (Å²) in [6.07, 6.45) is 24.4.